The minimum Gasteiger partial charge on any atom is -0.486 e. The van der Waals surface area contributed by atoms with Gasteiger partial charge in [0.05, 0.1) is 11.0 Å². The highest BCUT2D eigenvalue weighted by Gasteiger charge is 2.11. The molecule has 4 rings (SSSR count). The Bertz CT molecular complexity index is 1030. The third kappa shape index (κ3) is 3.97. The first-order valence-corrected chi connectivity index (χ1v) is 9.91. The molecule has 138 valence electrons. The van der Waals surface area contributed by atoms with Crippen LogP contribution in [0.4, 0.5) is 0 Å². The van der Waals surface area contributed by atoms with E-state index in [2.05, 4.69) is 66.1 Å². The summed E-state index contributed by atoms with van der Waals surface area (Å²) in [5.41, 5.74) is 2.25. The summed E-state index contributed by atoms with van der Waals surface area (Å²) in [6.07, 6.45) is 4.98. The van der Waals surface area contributed by atoms with Gasteiger partial charge in [-0.2, -0.15) is 0 Å². The molecule has 0 spiro atoms. The van der Waals surface area contributed by atoms with Crippen LogP contribution < -0.4 is 4.74 Å². The summed E-state index contributed by atoms with van der Waals surface area (Å²) in [7, 11) is 0. The largest absolute Gasteiger partial charge is 0.486 e. The highest BCUT2D eigenvalue weighted by molar-refractivity contribution is 5.83. The second-order valence-electron chi connectivity index (χ2n) is 7.03. The van der Waals surface area contributed by atoms with Gasteiger partial charge in [-0.05, 0) is 41.5 Å². The number of unbranched alkanes of at least 4 members (excludes halogenated alkanes) is 3. The van der Waals surface area contributed by atoms with Crippen LogP contribution in [0.5, 0.6) is 5.75 Å². The Labute approximate surface area is 160 Å². The number of aromatic nitrogens is 2. The van der Waals surface area contributed by atoms with Gasteiger partial charge in [-0.25, -0.2) is 4.98 Å². The van der Waals surface area contributed by atoms with Gasteiger partial charge in [0, 0.05) is 6.54 Å². The molecule has 0 atom stereocenters. The van der Waals surface area contributed by atoms with E-state index in [0.29, 0.717) is 6.61 Å². The number of hydrogen-bond acceptors (Lipinski definition) is 2. The van der Waals surface area contributed by atoms with Gasteiger partial charge in [-0.15, -0.1) is 0 Å². The summed E-state index contributed by atoms with van der Waals surface area (Å²) in [5.74, 6) is 1.89. The van der Waals surface area contributed by atoms with Crippen LogP contribution in [0.25, 0.3) is 21.8 Å². The van der Waals surface area contributed by atoms with Gasteiger partial charge in [0.1, 0.15) is 18.2 Å². The van der Waals surface area contributed by atoms with Gasteiger partial charge in [0.15, 0.2) is 0 Å². The average molecular weight is 358 g/mol. The van der Waals surface area contributed by atoms with Crippen molar-refractivity contribution < 1.29 is 4.74 Å². The third-order valence-corrected chi connectivity index (χ3v) is 5.06. The maximum atomic E-state index is 6.11. The Morgan fingerprint density at radius 2 is 1.67 bits per heavy atom. The van der Waals surface area contributed by atoms with Crippen LogP contribution in [0.1, 0.15) is 38.4 Å². The minimum absolute atomic E-state index is 0.487. The fraction of sp³-hybridized carbons (Fsp3) is 0.292. The lowest BCUT2D eigenvalue weighted by Gasteiger charge is -2.11. The van der Waals surface area contributed by atoms with E-state index < -0.39 is 0 Å². The number of aryl methyl sites for hydroxylation is 1. The first-order chi connectivity index (χ1) is 13.3. The van der Waals surface area contributed by atoms with Crippen LogP contribution in [-0.4, -0.2) is 9.55 Å². The predicted octanol–water partition coefficient (Wildman–Crippen LogP) is 6.35. The Hall–Kier alpha value is -2.81. The van der Waals surface area contributed by atoms with E-state index >= 15 is 0 Å². The minimum atomic E-state index is 0.487. The normalized spacial score (nSPS) is 11.3. The molecule has 4 aromatic rings. The smallest absolute Gasteiger partial charge is 0.147 e. The number of para-hydroxylation sites is 2. The summed E-state index contributed by atoms with van der Waals surface area (Å²) in [4.78, 5) is 4.83. The van der Waals surface area contributed by atoms with Crippen molar-refractivity contribution in [2.24, 2.45) is 0 Å². The molecule has 0 fully saturated rings. The Morgan fingerprint density at radius 1 is 0.852 bits per heavy atom. The number of ether oxygens (including phenoxy) is 1. The van der Waals surface area contributed by atoms with E-state index in [1.54, 1.807) is 0 Å². The molecule has 0 saturated carbocycles. The molecule has 0 aliphatic heterocycles. The molecule has 0 aliphatic carbocycles. The van der Waals surface area contributed by atoms with Crippen LogP contribution in [0.2, 0.25) is 0 Å². The molecule has 27 heavy (non-hydrogen) atoms. The van der Waals surface area contributed by atoms with E-state index in [4.69, 9.17) is 9.72 Å². The topological polar surface area (TPSA) is 27.1 Å². The average Bonchev–Trinajstić information content (AvgIpc) is 3.07. The summed E-state index contributed by atoms with van der Waals surface area (Å²) in [5, 5.41) is 2.43. The summed E-state index contributed by atoms with van der Waals surface area (Å²) < 4.78 is 8.44. The SMILES string of the molecule is CCCCCCn1c(COc2ccc3ccccc3c2)nc2ccccc21. The van der Waals surface area contributed by atoms with E-state index in [9.17, 15) is 0 Å². The number of rotatable bonds is 8. The van der Waals surface area contributed by atoms with Crippen LogP contribution in [0, 0.1) is 0 Å². The highest BCUT2D eigenvalue weighted by atomic mass is 16.5. The standard InChI is InChI=1S/C24H26N2O/c1-2-3-4-9-16-26-23-13-8-7-12-22(23)25-24(26)18-27-21-15-14-19-10-5-6-11-20(19)17-21/h5-8,10-15,17H,2-4,9,16,18H2,1H3. The third-order valence-electron chi connectivity index (χ3n) is 5.06. The quantitative estimate of drug-likeness (QED) is 0.343. The van der Waals surface area contributed by atoms with Gasteiger partial charge in [-0.3, -0.25) is 0 Å². The molecule has 1 aromatic heterocycles. The van der Waals surface area contributed by atoms with Crippen LogP contribution in [-0.2, 0) is 13.2 Å². The molecule has 1 heterocycles. The monoisotopic (exact) mass is 358 g/mol. The van der Waals surface area contributed by atoms with Crippen molar-refractivity contribution >= 4 is 21.8 Å². The number of imidazole rings is 1. The number of fused-ring (bicyclic) bond motifs is 2. The molecule has 0 unspecified atom stereocenters. The second kappa shape index (κ2) is 8.26. The van der Waals surface area contributed by atoms with Crippen molar-refractivity contribution in [2.75, 3.05) is 0 Å². The molecule has 3 nitrogen and oxygen atoms in total. The zero-order valence-corrected chi connectivity index (χ0v) is 15.9. The molecule has 3 aromatic carbocycles. The van der Waals surface area contributed by atoms with E-state index in [-0.39, 0.29) is 0 Å². The summed E-state index contributed by atoms with van der Waals surface area (Å²) in [6, 6.07) is 23.0. The van der Waals surface area contributed by atoms with Crippen molar-refractivity contribution in [1.82, 2.24) is 9.55 Å². The lowest BCUT2D eigenvalue weighted by molar-refractivity contribution is 0.290. The molecule has 0 N–H and O–H groups in total. The van der Waals surface area contributed by atoms with Gasteiger partial charge in [0.2, 0.25) is 0 Å². The van der Waals surface area contributed by atoms with Crippen LogP contribution >= 0.6 is 0 Å². The van der Waals surface area contributed by atoms with Crippen molar-refractivity contribution in [3.8, 4) is 5.75 Å². The van der Waals surface area contributed by atoms with Crippen LogP contribution in [0.3, 0.4) is 0 Å². The molecule has 0 bridgehead atoms. The molecule has 0 radical (unpaired) electrons. The molecular formula is C24H26N2O. The first-order valence-electron chi connectivity index (χ1n) is 9.91. The zero-order chi connectivity index (χ0) is 18.5. The number of hydrogen-bond donors (Lipinski definition) is 0. The van der Waals surface area contributed by atoms with E-state index in [1.165, 1.54) is 42.0 Å². The van der Waals surface area contributed by atoms with Gasteiger partial charge < -0.3 is 9.30 Å². The van der Waals surface area contributed by atoms with Gasteiger partial charge >= 0.3 is 0 Å². The Balaban J connectivity index is 1.54. The summed E-state index contributed by atoms with van der Waals surface area (Å²) in [6.45, 7) is 3.73. The fourth-order valence-corrected chi connectivity index (χ4v) is 3.59. The Morgan fingerprint density at radius 3 is 2.56 bits per heavy atom. The van der Waals surface area contributed by atoms with Crippen molar-refractivity contribution in [3.63, 3.8) is 0 Å². The second-order valence-corrected chi connectivity index (χ2v) is 7.03. The van der Waals surface area contributed by atoms with Crippen molar-refractivity contribution in [2.45, 2.75) is 45.8 Å². The van der Waals surface area contributed by atoms with E-state index in [1.807, 2.05) is 12.1 Å². The molecule has 3 heteroatoms. The fourth-order valence-electron chi connectivity index (χ4n) is 3.59. The molecular weight excluding hydrogens is 332 g/mol. The molecule has 0 saturated heterocycles. The predicted molar refractivity (Wildman–Crippen MR) is 112 cm³/mol. The van der Waals surface area contributed by atoms with Crippen LogP contribution in [0.15, 0.2) is 66.7 Å². The van der Waals surface area contributed by atoms with Gasteiger partial charge in [-0.1, -0.05) is 68.7 Å². The highest BCUT2D eigenvalue weighted by Crippen LogP contribution is 2.23. The van der Waals surface area contributed by atoms with Crippen molar-refractivity contribution in [1.29, 1.82) is 0 Å². The number of benzene rings is 3. The maximum absolute atomic E-state index is 6.11. The summed E-state index contributed by atoms with van der Waals surface area (Å²) >= 11 is 0. The maximum Gasteiger partial charge on any atom is 0.147 e. The molecule has 0 aliphatic rings. The van der Waals surface area contributed by atoms with E-state index in [0.717, 1.165) is 23.6 Å². The lowest BCUT2D eigenvalue weighted by Crippen LogP contribution is -2.07. The van der Waals surface area contributed by atoms with Gasteiger partial charge in [0.25, 0.3) is 0 Å². The van der Waals surface area contributed by atoms with Crippen molar-refractivity contribution in [3.05, 3.63) is 72.6 Å². The first kappa shape index (κ1) is 17.6. The molecule has 0 amide bonds. The lowest BCUT2D eigenvalue weighted by atomic mass is 10.1. The number of nitrogens with zero attached hydrogens (tertiary/aromatic N) is 2. The Kier molecular flexibility index (Phi) is 5.38. The zero-order valence-electron chi connectivity index (χ0n) is 15.9.